The maximum absolute atomic E-state index is 12.6. The van der Waals surface area contributed by atoms with Gasteiger partial charge in [-0.2, -0.15) is 5.10 Å². The average molecular weight is 357 g/mol. The summed E-state index contributed by atoms with van der Waals surface area (Å²) in [5.41, 5.74) is 0.514. The van der Waals surface area contributed by atoms with Crippen LogP contribution in [0.25, 0.3) is 0 Å². The lowest BCUT2D eigenvalue weighted by Crippen LogP contribution is -2.45. The van der Waals surface area contributed by atoms with Crippen molar-refractivity contribution in [2.45, 2.75) is 37.7 Å². The number of ether oxygens (including phenoxy) is 1. The molecule has 3 atom stereocenters. The van der Waals surface area contributed by atoms with Crippen LogP contribution in [0, 0.1) is 11.8 Å². The van der Waals surface area contributed by atoms with Crippen LogP contribution in [-0.2, 0) is 18.2 Å². The van der Waals surface area contributed by atoms with Gasteiger partial charge in [-0.25, -0.2) is 0 Å². The van der Waals surface area contributed by atoms with Crippen molar-refractivity contribution in [3.8, 4) is 0 Å². The van der Waals surface area contributed by atoms with Crippen molar-refractivity contribution in [3.05, 3.63) is 29.7 Å². The lowest BCUT2D eigenvalue weighted by atomic mass is 9.83. The molecule has 2 aromatic heterocycles. The minimum Gasteiger partial charge on any atom is -0.425 e. The number of hydrogen-bond donors (Lipinski definition) is 0. The molecule has 5 rings (SSSR count). The summed E-state index contributed by atoms with van der Waals surface area (Å²) >= 11 is 0. The number of rotatable bonds is 4. The van der Waals surface area contributed by atoms with E-state index in [0.717, 1.165) is 38.2 Å². The highest BCUT2D eigenvalue weighted by Crippen LogP contribution is 2.40. The zero-order valence-corrected chi connectivity index (χ0v) is 14.9. The number of carbonyl (C=O) groups is 1. The van der Waals surface area contributed by atoms with Gasteiger partial charge >= 0.3 is 0 Å². The Balaban J connectivity index is 1.21. The summed E-state index contributed by atoms with van der Waals surface area (Å²) in [6, 6.07) is 1.77. The summed E-state index contributed by atoms with van der Waals surface area (Å²) in [5.74, 6) is 2.77. The molecule has 2 aliphatic heterocycles. The zero-order valence-electron chi connectivity index (χ0n) is 14.9. The van der Waals surface area contributed by atoms with E-state index in [0.29, 0.717) is 42.4 Å². The van der Waals surface area contributed by atoms with Crippen LogP contribution in [0.4, 0.5) is 0 Å². The Bertz CT molecular complexity index is 811. The summed E-state index contributed by atoms with van der Waals surface area (Å²) in [5, 5.41) is 12.6. The predicted octanol–water partition coefficient (Wildman–Crippen LogP) is 1.40. The van der Waals surface area contributed by atoms with Crippen LogP contribution in [0.1, 0.15) is 47.5 Å². The quantitative estimate of drug-likeness (QED) is 0.822. The molecule has 8 nitrogen and oxygen atoms in total. The topological polar surface area (TPSA) is 86.3 Å². The first-order valence-corrected chi connectivity index (χ1v) is 9.40. The maximum atomic E-state index is 12.6. The summed E-state index contributed by atoms with van der Waals surface area (Å²) in [6.07, 6.45) is 5.85. The van der Waals surface area contributed by atoms with Gasteiger partial charge in [-0.15, -0.1) is 10.2 Å². The highest BCUT2D eigenvalue weighted by atomic mass is 16.5. The molecule has 3 fully saturated rings. The minimum absolute atomic E-state index is 0.0125. The molecule has 2 aromatic rings. The summed E-state index contributed by atoms with van der Waals surface area (Å²) in [6.45, 7) is 2.16. The second-order valence-electron chi connectivity index (χ2n) is 7.72. The SMILES string of the molecule is Cn1ccc(C(=O)N2CC[C@@H]3[C@@H](CO[C@@H]3Cc3nnc(C4CC4)o3)C2)n1. The molecule has 1 aliphatic carbocycles. The van der Waals surface area contributed by atoms with E-state index in [-0.39, 0.29) is 12.0 Å². The van der Waals surface area contributed by atoms with Crippen LogP contribution in [-0.4, -0.2) is 56.6 Å². The van der Waals surface area contributed by atoms with Gasteiger partial charge in [0.15, 0.2) is 0 Å². The van der Waals surface area contributed by atoms with Gasteiger partial charge in [-0.05, 0) is 31.2 Å². The Labute approximate surface area is 151 Å². The molecule has 0 bridgehead atoms. The minimum atomic E-state index is 0.0125. The Kier molecular flexibility index (Phi) is 3.81. The number of amides is 1. The lowest BCUT2D eigenvalue weighted by molar-refractivity contribution is 0.0598. The van der Waals surface area contributed by atoms with Gasteiger partial charge in [0.05, 0.1) is 19.1 Å². The fraction of sp³-hybridized carbons (Fsp3) is 0.667. The second kappa shape index (κ2) is 6.19. The van der Waals surface area contributed by atoms with Gasteiger partial charge < -0.3 is 14.1 Å². The van der Waals surface area contributed by atoms with E-state index in [1.807, 2.05) is 11.9 Å². The number of piperidine rings is 1. The van der Waals surface area contributed by atoms with E-state index in [2.05, 4.69) is 15.3 Å². The van der Waals surface area contributed by atoms with Crippen molar-refractivity contribution < 1.29 is 13.9 Å². The van der Waals surface area contributed by atoms with Crippen LogP contribution in [0.3, 0.4) is 0 Å². The van der Waals surface area contributed by atoms with Crippen LogP contribution in [0.5, 0.6) is 0 Å². The summed E-state index contributed by atoms with van der Waals surface area (Å²) < 4.78 is 13.5. The van der Waals surface area contributed by atoms with E-state index in [1.165, 1.54) is 0 Å². The molecule has 2 saturated heterocycles. The third-order valence-corrected chi connectivity index (χ3v) is 5.80. The van der Waals surface area contributed by atoms with E-state index >= 15 is 0 Å². The van der Waals surface area contributed by atoms with E-state index in [4.69, 9.17) is 9.15 Å². The molecule has 0 radical (unpaired) electrons. The smallest absolute Gasteiger partial charge is 0.274 e. The molecule has 1 saturated carbocycles. The van der Waals surface area contributed by atoms with E-state index in [9.17, 15) is 4.79 Å². The van der Waals surface area contributed by atoms with Crippen molar-refractivity contribution in [2.75, 3.05) is 19.7 Å². The molecule has 4 heterocycles. The highest BCUT2D eigenvalue weighted by Gasteiger charge is 2.43. The number of carbonyl (C=O) groups excluding carboxylic acids is 1. The van der Waals surface area contributed by atoms with Crippen LogP contribution in [0.15, 0.2) is 16.7 Å². The Morgan fingerprint density at radius 3 is 2.96 bits per heavy atom. The van der Waals surface area contributed by atoms with Crippen LogP contribution >= 0.6 is 0 Å². The normalized spacial score (nSPS) is 28.3. The fourth-order valence-corrected chi connectivity index (χ4v) is 4.19. The molecule has 8 heteroatoms. The van der Waals surface area contributed by atoms with Crippen molar-refractivity contribution in [3.63, 3.8) is 0 Å². The van der Waals surface area contributed by atoms with Gasteiger partial charge in [-0.1, -0.05) is 0 Å². The number of aryl methyl sites for hydroxylation is 1. The van der Waals surface area contributed by atoms with Crippen LogP contribution in [0.2, 0.25) is 0 Å². The molecule has 0 spiro atoms. The third-order valence-electron chi connectivity index (χ3n) is 5.80. The van der Waals surface area contributed by atoms with Gasteiger partial charge in [0, 0.05) is 38.2 Å². The number of aromatic nitrogens is 4. The third kappa shape index (κ3) is 2.92. The lowest BCUT2D eigenvalue weighted by Gasteiger charge is -2.35. The predicted molar refractivity (Wildman–Crippen MR) is 90.4 cm³/mol. The first kappa shape index (κ1) is 16.0. The Morgan fingerprint density at radius 1 is 1.31 bits per heavy atom. The fourth-order valence-electron chi connectivity index (χ4n) is 4.19. The molecule has 0 aromatic carbocycles. The maximum Gasteiger partial charge on any atom is 0.274 e. The van der Waals surface area contributed by atoms with Crippen molar-refractivity contribution in [2.24, 2.45) is 18.9 Å². The number of hydrogen-bond acceptors (Lipinski definition) is 6. The van der Waals surface area contributed by atoms with Gasteiger partial charge in [0.1, 0.15) is 5.69 Å². The molecule has 0 unspecified atom stereocenters. The second-order valence-corrected chi connectivity index (χ2v) is 7.72. The highest BCUT2D eigenvalue weighted by molar-refractivity contribution is 5.92. The average Bonchev–Trinajstić information content (AvgIpc) is 3.04. The van der Waals surface area contributed by atoms with E-state index in [1.54, 1.807) is 16.9 Å². The van der Waals surface area contributed by atoms with Crippen molar-refractivity contribution in [1.29, 1.82) is 0 Å². The molecular formula is C18H23N5O3. The van der Waals surface area contributed by atoms with Crippen LogP contribution < -0.4 is 0 Å². The number of nitrogens with zero attached hydrogens (tertiary/aromatic N) is 5. The summed E-state index contributed by atoms with van der Waals surface area (Å²) in [4.78, 5) is 14.5. The monoisotopic (exact) mass is 357 g/mol. The molecular weight excluding hydrogens is 334 g/mol. The van der Waals surface area contributed by atoms with Gasteiger partial charge in [0.2, 0.25) is 11.8 Å². The van der Waals surface area contributed by atoms with E-state index < -0.39 is 0 Å². The zero-order chi connectivity index (χ0) is 17.7. The summed E-state index contributed by atoms with van der Waals surface area (Å²) in [7, 11) is 1.82. The largest absolute Gasteiger partial charge is 0.425 e. The van der Waals surface area contributed by atoms with Gasteiger partial charge in [-0.3, -0.25) is 9.48 Å². The molecule has 3 aliphatic rings. The molecule has 26 heavy (non-hydrogen) atoms. The number of likely N-dealkylation sites (tertiary alicyclic amines) is 1. The van der Waals surface area contributed by atoms with Gasteiger partial charge in [0.25, 0.3) is 5.91 Å². The standard InChI is InChI=1S/C18H23N5O3/c1-22-6-5-14(21-22)18(24)23-7-4-13-12(9-23)10-25-15(13)8-16-19-20-17(26-16)11-2-3-11/h5-6,11-13,15H,2-4,7-10H2,1H3/t12-,13-,15-/m1/s1. The Hall–Kier alpha value is -2.22. The molecule has 0 N–H and O–H groups in total. The first-order chi connectivity index (χ1) is 12.7. The molecule has 138 valence electrons. The van der Waals surface area contributed by atoms with Crippen molar-refractivity contribution in [1.82, 2.24) is 24.9 Å². The molecule has 1 amide bonds. The Morgan fingerprint density at radius 2 is 2.19 bits per heavy atom. The number of fused-ring (bicyclic) bond motifs is 1. The first-order valence-electron chi connectivity index (χ1n) is 9.40. The van der Waals surface area contributed by atoms with Crippen molar-refractivity contribution >= 4 is 5.91 Å².